The molecular weight excluding hydrogens is 196 g/mol. The largest absolute Gasteiger partial charge is 0.327 e. The van der Waals surface area contributed by atoms with E-state index in [2.05, 4.69) is 32.6 Å². The molecule has 2 heteroatoms. The molecule has 2 nitrogen and oxygen atoms in total. The molecule has 0 radical (unpaired) electrons. The van der Waals surface area contributed by atoms with Crippen molar-refractivity contribution in [1.29, 1.82) is 0 Å². The molecule has 2 N–H and O–H groups in total. The lowest BCUT2D eigenvalue weighted by atomic mass is 9.74. The molecule has 3 atom stereocenters. The summed E-state index contributed by atoms with van der Waals surface area (Å²) in [5.41, 5.74) is 6.27. The van der Waals surface area contributed by atoms with Gasteiger partial charge in [0.1, 0.15) is 0 Å². The number of hydrogen-bond acceptors (Lipinski definition) is 2. The Bertz CT molecular complexity index is 185. The summed E-state index contributed by atoms with van der Waals surface area (Å²) in [7, 11) is 0. The fourth-order valence-electron chi connectivity index (χ4n) is 2.95. The van der Waals surface area contributed by atoms with Crippen LogP contribution in [0.2, 0.25) is 0 Å². The van der Waals surface area contributed by atoms with E-state index < -0.39 is 0 Å². The summed E-state index contributed by atoms with van der Waals surface area (Å²) in [4.78, 5) is 2.52. The van der Waals surface area contributed by atoms with Gasteiger partial charge in [-0.1, -0.05) is 27.7 Å². The van der Waals surface area contributed by atoms with Gasteiger partial charge in [-0.15, -0.1) is 0 Å². The van der Waals surface area contributed by atoms with Gasteiger partial charge in [-0.25, -0.2) is 0 Å². The van der Waals surface area contributed by atoms with Crippen molar-refractivity contribution < 1.29 is 0 Å². The Morgan fingerprint density at radius 1 is 1.19 bits per heavy atom. The van der Waals surface area contributed by atoms with E-state index in [0.29, 0.717) is 6.04 Å². The van der Waals surface area contributed by atoms with Gasteiger partial charge in [0.15, 0.2) is 0 Å². The van der Waals surface area contributed by atoms with Crippen molar-refractivity contribution in [1.82, 2.24) is 4.90 Å². The molecule has 0 aliphatic heterocycles. The molecule has 0 spiro atoms. The molecule has 1 aliphatic rings. The fourth-order valence-corrected chi connectivity index (χ4v) is 2.95. The van der Waals surface area contributed by atoms with Gasteiger partial charge in [-0.2, -0.15) is 0 Å². The van der Waals surface area contributed by atoms with E-state index in [1.165, 1.54) is 25.8 Å². The van der Waals surface area contributed by atoms with Crippen molar-refractivity contribution in [2.45, 2.75) is 53.0 Å². The molecule has 0 aromatic carbocycles. The van der Waals surface area contributed by atoms with Gasteiger partial charge in [-0.05, 0) is 50.1 Å². The van der Waals surface area contributed by atoms with E-state index >= 15 is 0 Å². The molecule has 1 saturated carbocycles. The highest BCUT2D eigenvalue weighted by atomic mass is 15.1. The smallest absolute Gasteiger partial charge is 0.00795 e. The highest BCUT2D eigenvalue weighted by molar-refractivity contribution is 4.85. The van der Waals surface area contributed by atoms with Gasteiger partial charge in [0.05, 0.1) is 0 Å². The summed E-state index contributed by atoms with van der Waals surface area (Å²) in [6, 6.07) is 0.440. The molecule has 0 amide bonds. The van der Waals surface area contributed by atoms with Crippen LogP contribution in [0.15, 0.2) is 0 Å². The highest BCUT2D eigenvalue weighted by Crippen LogP contribution is 2.33. The molecule has 0 heterocycles. The molecule has 1 aliphatic carbocycles. The molecule has 0 aromatic heterocycles. The van der Waals surface area contributed by atoms with Crippen molar-refractivity contribution in [3.05, 3.63) is 0 Å². The van der Waals surface area contributed by atoms with Crippen molar-refractivity contribution >= 4 is 0 Å². The molecule has 0 aromatic rings. The van der Waals surface area contributed by atoms with E-state index in [4.69, 9.17) is 5.73 Å². The van der Waals surface area contributed by atoms with Crippen LogP contribution in [0, 0.1) is 17.8 Å². The SMILES string of the molecule is CCN(CC)CC1CC(C(C)C)CCC1N. The van der Waals surface area contributed by atoms with Crippen LogP contribution >= 0.6 is 0 Å². The first-order valence-corrected chi connectivity index (χ1v) is 7.06. The summed E-state index contributed by atoms with van der Waals surface area (Å²) in [5, 5.41) is 0. The third-order valence-corrected chi connectivity index (χ3v) is 4.41. The van der Waals surface area contributed by atoms with E-state index in [9.17, 15) is 0 Å². The van der Waals surface area contributed by atoms with Crippen LogP contribution in [0.5, 0.6) is 0 Å². The maximum Gasteiger partial charge on any atom is 0.00795 e. The number of hydrogen-bond donors (Lipinski definition) is 1. The van der Waals surface area contributed by atoms with Crippen LogP contribution < -0.4 is 5.73 Å². The predicted molar refractivity (Wildman–Crippen MR) is 71.4 cm³/mol. The molecular formula is C14H30N2. The topological polar surface area (TPSA) is 29.3 Å². The average Bonchev–Trinajstić information content (AvgIpc) is 2.27. The van der Waals surface area contributed by atoms with Gasteiger partial charge in [0, 0.05) is 12.6 Å². The van der Waals surface area contributed by atoms with E-state index in [1.807, 2.05) is 0 Å². The maximum atomic E-state index is 6.27. The quantitative estimate of drug-likeness (QED) is 0.781. The first kappa shape index (κ1) is 14.0. The Hall–Kier alpha value is -0.0800. The van der Waals surface area contributed by atoms with E-state index in [1.54, 1.807) is 0 Å². The number of rotatable bonds is 5. The van der Waals surface area contributed by atoms with Crippen LogP contribution in [0.25, 0.3) is 0 Å². The minimum Gasteiger partial charge on any atom is -0.327 e. The Morgan fingerprint density at radius 2 is 1.81 bits per heavy atom. The van der Waals surface area contributed by atoms with E-state index in [-0.39, 0.29) is 0 Å². The second-order valence-electron chi connectivity index (χ2n) is 5.73. The first-order valence-electron chi connectivity index (χ1n) is 7.06. The summed E-state index contributed by atoms with van der Waals surface area (Å²) < 4.78 is 0. The molecule has 0 saturated heterocycles. The lowest BCUT2D eigenvalue weighted by Crippen LogP contribution is -2.43. The highest BCUT2D eigenvalue weighted by Gasteiger charge is 2.30. The second kappa shape index (κ2) is 6.61. The minimum atomic E-state index is 0.440. The molecule has 1 fully saturated rings. The standard InChI is InChI=1S/C14H30N2/c1-5-16(6-2)10-13-9-12(11(3)4)7-8-14(13)15/h11-14H,5-10,15H2,1-4H3. The predicted octanol–water partition coefficient (Wildman–Crippen LogP) is 2.73. The second-order valence-corrected chi connectivity index (χ2v) is 5.73. The van der Waals surface area contributed by atoms with Crippen LogP contribution in [0.3, 0.4) is 0 Å². The van der Waals surface area contributed by atoms with Crippen LogP contribution in [-0.4, -0.2) is 30.6 Å². The molecule has 16 heavy (non-hydrogen) atoms. The molecule has 3 unspecified atom stereocenters. The lowest BCUT2D eigenvalue weighted by molar-refractivity contribution is 0.142. The normalized spacial score (nSPS) is 31.3. The van der Waals surface area contributed by atoms with Gasteiger partial charge in [-0.3, -0.25) is 0 Å². The lowest BCUT2D eigenvalue weighted by Gasteiger charge is -2.38. The number of nitrogens with zero attached hydrogens (tertiary/aromatic N) is 1. The van der Waals surface area contributed by atoms with Gasteiger partial charge >= 0.3 is 0 Å². The Labute approximate surface area is 102 Å². The summed E-state index contributed by atoms with van der Waals surface area (Å²) in [6.07, 6.45) is 3.91. The Morgan fingerprint density at radius 3 is 2.31 bits per heavy atom. The van der Waals surface area contributed by atoms with Crippen molar-refractivity contribution in [3.8, 4) is 0 Å². The summed E-state index contributed by atoms with van der Waals surface area (Å²) >= 11 is 0. The summed E-state index contributed by atoms with van der Waals surface area (Å²) in [5.74, 6) is 2.45. The van der Waals surface area contributed by atoms with Crippen LogP contribution in [0.1, 0.15) is 47.0 Å². The third-order valence-electron chi connectivity index (χ3n) is 4.41. The first-order chi connectivity index (χ1) is 7.58. The molecule has 1 rings (SSSR count). The Balaban J connectivity index is 2.49. The third kappa shape index (κ3) is 3.74. The van der Waals surface area contributed by atoms with Crippen molar-refractivity contribution in [2.24, 2.45) is 23.5 Å². The zero-order valence-corrected chi connectivity index (χ0v) is 11.6. The van der Waals surface area contributed by atoms with Gasteiger partial charge in [0.2, 0.25) is 0 Å². The zero-order valence-electron chi connectivity index (χ0n) is 11.6. The fraction of sp³-hybridized carbons (Fsp3) is 1.00. The zero-order chi connectivity index (χ0) is 12.1. The molecule has 0 bridgehead atoms. The van der Waals surface area contributed by atoms with Crippen molar-refractivity contribution in [2.75, 3.05) is 19.6 Å². The van der Waals surface area contributed by atoms with Crippen LogP contribution in [-0.2, 0) is 0 Å². The van der Waals surface area contributed by atoms with Crippen LogP contribution in [0.4, 0.5) is 0 Å². The van der Waals surface area contributed by atoms with E-state index in [0.717, 1.165) is 30.8 Å². The number of nitrogens with two attached hydrogens (primary N) is 1. The Kier molecular flexibility index (Phi) is 5.77. The minimum absolute atomic E-state index is 0.440. The van der Waals surface area contributed by atoms with Crippen molar-refractivity contribution in [3.63, 3.8) is 0 Å². The molecule has 96 valence electrons. The van der Waals surface area contributed by atoms with Gasteiger partial charge < -0.3 is 10.6 Å². The summed E-state index contributed by atoms with van der Waals surface area (Å²) in [6.45, 7) is 12.7. The maximum absolute atomic E-state index is 6.27. The van der Waals surface area contributed by atoms with Gasteiger partial charge in [0.25, 0.3) is 0 Å². The average molecular weight is 226 g/mol. The monoisotopic (exact) mass is 226 g/mol.